The number of pyridine rings is 1. The Labute approximate surface area is 100 Å². The van der Waals surface area contributed by atoms with Crippen LogP contribution in [0.4, 0.5) is 0 Å². The zero-order valence-corrected chi connectivity index (χ0v) is 10.3. The molecule has 5 nitrogen and oxygen atoms in total. The van der Waals surface area contributed by atoms with Crippen LogP contribution in [0.5, 0.6) is 0 Å². The second-order valence-corrected chi connectivity index (χ2v) is 3.65. The molecule has 0 aliphatic rings. The third-order valence-corrected chi connectivity index (χ3v) is 2.34. The molecule has 1 rings (SSSR count). The molecule has 0 atom stereocenters. The van der Waals surface area contributed by atoms with Gasteiger partial charge in [0, 0.05) is 18.9 Å². The van der Waals surface area contributed by atoms with Crippen LogP contribution in [0.25, 0.3) is 0 Å². The van der Waals surface area contributed by atoms with Crippen molar-refractivity contribution in [2.24, 2.45) is 0 Å². The predicted octanol–water partition coefficient (Wildman–Crippen LogP) is 1.03. The number of amides is 1. The molecule has 17 heavy (non-hydrogen) atoms. The fraction of sp³-hybridized carbons (Fsp3) is 0.417. The minimum absolute atomic E-state index is 0.0419. The molecule has 0 saturated heterocycles. The summed E-state index contributed by atoms with van der Waals surface area (Å²) in [4.78, 5) is 28.6. The Bertz CT molecular complexity index is 418. The van der Waals surface area contributed by atoms with Crippen molar-refractivity contribution in [1.29, 1.82) is 0 Å². The number of nitrogens with zero attached hydrogens (tertiary/aromatic N) is 2. The van der Waals surface area contributed by atoms with Crippen LogP contribution in [0.1, 0.15) is 22.8 Å². The van der Waals surface area contributed by atoms with E-state index in [4.69, 9.17) is 0 Å². The normalized spacial score (nSPS) is 9.82. The molecule has 0 spiro atoms. The van der Waals surface area contributed by atoms with Crippen molar-refractivity contribution in [3.05, 3.63) is 29.6 Å². The molecular formula is C12H16N2O3. The maximum absolute atomic E-state index is 12.1. The van der Waals surface area contributed by atoms with Crippen LogP contribution >= 0.6 is 0 Å². The van der Waals surface area contributed by atoms with Gasteiger partial charge in [-0.3, -0.25) is 14.6 Å². The van der Waals surface area contributed by atoms with Gasteiger partial charge in [0.1, 0.15) is 6.54 Å². The molecule has 1 aromatic rings. The van der Waals surface area contributed by atoms with Crippen LogP contribution in [-0.2, 0) is 9.53 Å². The summed E-state index contributed by atoms with van der Waals surface area (Å²) in [5, 5.41) is 0. The van der Waals surface area contributed by atoms with Gasteiger partial charge in [-0.1, -0.05) is 0 Å². The first-order chi connectivity index (χ1) is 8.08. The summed E-state index contributed by atoms with van der Waals surface area (Å²) < 4.78 is 4.54. The summed E-state index contributed by atoms with van der Waals surface area (Å²) in [6, 6.07) is 1.75. The molecule has 5 heteroatoms. The minimum Gasteiger partial charge on any atom is -0.468 e. The Balaban J connectivity index is 2.82. The summed E-state index contributed by atoms with van der Waals surface area (Å²) in [5.41, 5.74) is 1.39. The number of methoxy groups -OCH3 is 1. The van der Waals surface area contributed by atoms with E-state index < -0.39 is 5.97 Å². The van der Waals surface area contributed by atoms with Gasteiger partial charge in [-0.05, 0) is 25.5 Å². The van der Waals surface area contributed by atoms with Gasteiger partial charge in [-0.25, -0.2) is 0 Å². The highest BCUT2D eigenvalue weighted by molar-refractivity contribution is 5.95. The average Bonchev–Trinajstić information content (AvgIpc) is 2.34. The summed E-state index contributed by atoms with van der Waals surface area (Å²) in [5.74, 6) is -0.644. The topological polar surface area (TPSA) is 59.5 Å². The number of hydrogen-bond donors (Lipinski definition) is 0. The lowest BCUT2D eigenvalue weighted by Crippen LogP contribution is -2.36. The van der Waals surface area contributed by atoms with E-state index in [1.54, 1.807) is 12.3 Å². The minimum atomic E-state index is -0.430. The predicted molar refractivity (Wildman–Crippen MR) is 62.6 cm³/mol. The highest BCUT2D eigenvalue weighted by Gasteiger charge is 2.17. The summed E-state index contributed by atoms with van der Waals surface area (Å²) in [7, 11) is 1.30. The third kappa shape index (κ3) is 3.55. The molecular weight excluding hydrogens is 220 g/mol. The molecule has 1 aromatic heterocycles. The molecule has 0 saturated carbocycles. The Morgan fingerprint density at radius 1 is 1.41 bits per heavy atom. The Kier molecular flexibility index (Phi) is 4.63. The lowest BCUT2D eigenvalue weighted by Gasteiger charge is -2.19. The van der Waals surface area contributed by atoms with Crippen molar-refractivity contribution in [1.82, 2.24) is 9.88 Å². The van der Waals surface area contributed by atoms with Crippen molar-refractivity contribution >= 4 is 11.9 Å². The molecule has 0 bridgehead atoms. The monoisotopic (exact) mass is 236 g/mol. The molecule has 0 aliphatic heterocycles. The largest absolute Gasteiger partial charge is 0.468 e. The molecule has 0 aromatic carbocycles. The van der Waals surface area contributed by atoms with Crippen molar-refractivity contribution in [3.8, 4) is 0 Å². The maximum Gasteiger partial charge on any atom is 0.325 e. The molecule has 1 amide bonds. The van der Waals surface area contributed by atoms with Gasteiger partial charge in [0.15, 0.2) is 0 Å². The van der Waals surface area contributed by atoms with E-state index in [0.717, 1.165) is 5.56 Å². The first kappa shape index (κ1) is 13.2. The van der Waals surface area contributed by atoms with Gasteiger partial charge < -0.3 is 9.64 Å². The van der Waals surface area contributed by atoms with Gasteiger partial charge in [0.05, 0.1) is 12.7 Å². The van der Waals surface area contributed by atoms with Crippen molar-refractivity contribution in [2.75, 3.05) is 20.2 Å². The van der Waals surface area contributed by atoms with E-state index in [2.05, 4.69) is 9.72 Å². The Morgan fingerprint density at radius 2 is 2.12 bits per heavy atom. The first-order valence-electron chi connectivity index (χ1n) is 5.36. The number of carbonyl (C=O) groups excluding carboxylic acids is 2. The van der Waals surface area contributed by atoms with Gasteiger partial charge in [0.2, 0.25) is 0 Å². The SMILES string of the molecule is CCN(CC(=O)OC)C(=O)c1cncc(C)c1. The Hall–Kier alpha value is -1.91. The second-order valence-electron chi connectivity index (χ2n) is 3.65. The lowest BCUT2D eigenvalue weighted by atomic mass is 10.2. The first-order valence-corrected chi connectivity index (χ1v) is 5.36. The number of aromatic nitrogens is 1. The zero-order valence-electron chi connectivity index (χ0n) is 10.3. The van der Waals surface area contributed by atoms with E-state index in [-0.39, 0.29) is 12.5 Å². The number of aryl methyl sites for hydroxylation is 1. The summed E-state index contributed by atoms with van der Waals surface area (Å²) >= 11 is 0. The highest BCUT2D eigenvalue weighted by atomic mass is 16.5. The number of likely N-dealkylation sites (N-methyl/N-ethyl adjacent to an activating group) is 1. The quantitative estimate of drug-likeness (QED) is 0.732. The van der Waals surface area contributed by atoms with Crippen molar-refractivity contribution in [3.63, 3.8) is 0 Å². The van der Waals surface area contributed by atoms with Crippen LogP contribution in [0.2, 0.25) is 0 Å². The van der Waals surface area contributed by atoms with Gasteiger partial charge in [-0.15, -0.1) is 0 Å². The molecule has 0 aliphatic carbocycles. The van der Waals surface area contributed by atoms with E-state index in [1.807, 2.05) is 13.8 Å². The number of ether oxygens (including phenoxy) is 1. The smallest absolute Gasteiger partial charge is 0.325 e. The van der Waals surface area contributed by atoms with E-state index >= 15 is 0 Å². The summed E-state index contributed by atoms with van der Waals surface area (Å²) in [6.45, 7) is 4.08. The summed E-state index contributed by atoms with van der Waals surface area (Å²) in [6.07, 6.45) is 3.17. The zero-order chi connectivity index (χ0) is 12.8. The molecule has 0 N–H and O–H groups in total. The van der Waals surface area contributed by atoms with Crippen LogP contribution in [0, 0.1) is 6.92 Å². The van der Waals surface area contributed by atoms with E-state index in [1.165, 1.54) is 18.2 Å². The Morgan fingerprint density at radius 3 is 2.65 bits per heavy atom. The van der Waals surface area contributed by atoms with Crippen LogP contribution in [0.15, 0.2) is 18.5 Å². The molecule has 0 unspecified atom stereocenters. The van der Waals surface area contributed by atoms with E-state index in [9.17, 15) is 9.59 Å². The average molecular weight is 236 g/mol. The number of hydrogen-bond acceptors (Lipinski definition) is 4. The van der Waals surface area contributed by atoms with Crippen LogP contribution < -0.4 is 0 Å². The van der Waals surface area contributed by atoms with Gasteiger partial charge in [0.25, 0.3) is 5.91 Å². The molecule has 1 heterocycles. The molecule has 0 radical (unpaired) electrons. The highest BCUT2D eigenvalue weighted by Crippen LogP contribution is 2.06. The lowest BCUT2D eigenvalue weighted by molar-refractivity contribution is -0.141. The van der Waals surface area contributed by atoms with Gasteiger partial charge >= 0.3 is 5.97 Å². The fourth-order valence-electron chi connectivity index (χ4n) is 1.40. The fourth-order valence-corrected chi connectivity index (χ4v) is 1.40. The number of carbonyl (C=O) groups is 2. The third-order valence-electron chi connectivity index (χ3n) is 2.34. The van der Waals surface area contributed by atoms with Crippen molar-refractivity contribution in [2.45, 2.75) is 13.8 Å². The number of esters is 1. The molecule has 0 fully saturated rings. The van der Waals surface area contributed by atoms with Gasteiger partial charge in [-0.2, -0.15) is 0 Å². The maximum atomic E-state index is 12.1. The molecule has 92 valence electrons. The van der Waals surface area contributed by atoms with Crippen LogP contribution in [-0.4, -0.2) is 42.0 Å². The van der Waals surface area contributed by atoms with Crippen LogP contribution in [0.3, 0.4) is 0 Å². The van der Waals surface area contributed by atoms with E-state index in [0.29, 0.717) is 12.1 Å². The van der Waals surface area contributed by atoms with Crippen molar-refractivity contribution < 1.29 is 14.3 Å². The number of rotatable bonds is 4. The second kappa shape index (κ2) is 5.98. The standard InChI is InChI=1S/C12H16N2O3/c1-4-14(8-11(15)17-3)12(16)10-5-9(2)6-13-7-10/h5-7H,4,8H2,1-3H3.